The molecule has 2 atom stereocenters. The molecule has 2 fully saturated rings. The Morgan fingerprint density at radius 1 is 1.28 bits per heavy atom. The van der Waals surface area contributed by atoms with E-state index < -0.39 is 0 Å². The first-order valence-electron chi connectivity index (χ1n) is 10.1. The van der Waals surface area contributed by atoms with Crippen LogP contribution >= 0.6 is 0 Å². The van der Waals surface area contributed by atoms with Crippen molar-refractivity contribution in [3.8, 4) is 0 Å². The smallest absolute Gasteiger partial charge is 0.230 e. The predicted octanol–water partition coefficient (Wildman–Crippen LogP) is 4.00. The highest BCUT2D eigenvalue weighted by Crippen LogP contribution is 2.31. The van der Waals surface area contributed by atoms with Gasteiger partial charge in [0, 0.05) is 32.3 Å². The molecule has 0 radical (unpaired) electrons. The molecule has 1 saturated heterocycles. The molecule has 0 aromatic carbocycles. The molecule has 2 aliphatic rings. The van der Waals surface area contributed by atoms with Crippen LogP contribution < -0.4 is 5.48 Å². The van der Waals surface area contributed by atoms with Crippen LogP contribution in [-0.4, -0.2) is 37.3 Å². The SMILES string of the molecule is CC/C=C(\C)N(C)C(=O)C(CNOC1CCCCO1)CC1CCCC1. The second kappa shape index (κ2) is 10.9. The third-order valence-corrected chi connectivity index (χ3v) is 5.48. The average molecular weight is 353 g/mol. The predicted molar refractivity (Wildman–Crippen MR) is 99.6 cm³/mol. The molecular formula is C20H36N2O3. The van der Waals surface area contributed by atoms with Crippen molar-refractivity contribution < 1.29 is 14.4 Å². The van der Waals surface area contributed by atoms with E-state index in [2.05, 4.69) is 18.5 Å². The molecule has 2 rings (SSSR count). The first-order chi connectivity index (χ1) is 12.1. The van der Waals surface area contributed by atoms with Crippen molar-refractivity contribution in [2.24, 2.45) is 11.8 Å². The van der Waals surface area contributed by atoms with Crippen molar-refractivity contribution in [2.45, 2.75) is 77.9 Å². The zero-order chi connectivity index (χ0) is 18.1. The summed E-state index contributed by atoms with van der Waals surface area (Å²) in [6.07, 6.45) is 12.1. The Morgan fingerprint density at radius 3 is 2.64 bits per heavy atom. The Labute approximate surface area is 153 Å². The molecule has 1 aliphatic carbocycles. The number of rotatable bonds is 9. The van der Waals surface area contributed by atoms with Crippen molar-refractivity contribution in [1.82, 2.24) is 10.4 Å². The minimum Gasteiger partial charge on any atom is -0.351 e. The topological polar surface area (TPSA) is 50.8 Å². The molecule has 1 aliphatic heterocycles. The number of amides is 1. The van der Waals surface area contributed by atoms with Gasteiger partial charge in [0.15, 0.2) is 6.29 Å². The van der Waals surface area contributed by atoms with Crippen molar-refractivity contribution >= 4 is 5.91 Å². The maximum absolute atomic E-state index is 13.0. The van der Waals surface area contributed by atoms with Gasteiger partial charge in [-0.15, -0.1) is 0 Å². The molecule has 0 bridgehead atoms. The zero-order valence-electron chi connectivity index (χ0n) is 16.3. The Hall–Kier alpha value is -0.910. The molecule has 5 heteroatoms. The van der Waals surface area contributed by atoms with Gasteiger partial charge in [0.05, 0.1) is 5.92 Å². The molecule has 0 aromatic heterocycles. The highest BCUT2D eigenvalue weighted by Gasteiger charge is 2.28. The molecular weight excluding hydrogens is 316 g/mol. The van der Waals surface area contributed by atoms with Crippen LogP contribution in [0.1, 0.15) is 71.6 Å². The minimum absolute atomic E-state index is 0.0445. The third-order valence-electron chi connectivity index (χ3n) is 5.48. The van der Waals surface area contributed by atoms with Gasteiger partial charge in [-0.25, -0.2) is 0 Å². The molecule has 5 nitrogen and oxygen atoms in total. The summed E-state index contributed by atoms with van der Waals surface area (Å²) in [5.41, 5.74) is 4.07. The highest BCUT2D eigenvalue weighted by atomic mass is 16.8. The van der Waals surface area contributed by atoms with E-state index in [1.54, 1.807) is 0 Å². The number of hydrogen-bond acceptors (Lipinski definition) is 4. The summed E-state index contributed by atoms with van der Waals surface area (Å²) in [6, 6.07) is 0. The van der Waals surface area contributed by atoms with Gasteiger partial charge in [-0.2, -0.15) is 5.48 Å². The Morgan fingerprint density at radius 2 is 2.00 bits per heavy atom. The lowest BCUT2D eigenvalue weighted by molar-refractivity contribution is -0.199. The highest BCUT2D eigenvalue weighted by molar-refractivity contribution is 5.80. The summed E-state index contributed by atoms with van der Waals surface area (Å²) in [4.78, 5) is 20.5. The largest absolute Gasteiger partial charge is 0.351 e. The monoisotopic (exact) mass is 352 g/mol. The van der Waals surface area contributed by atoms with Gasteiger partial charge in [-0.05, 0) is 38.5 Å². The standard InChI is InChI=1S/C20H36N2O3/c1-4-9-16(2)22(3)20(23)18(14-17-10-5-6-11-17)15-21-25-19-12-7-8-13-24-19/h9,17-19,21H,4-8,10-15H2,1-3H3/b16-9+. The van der Waals surface area contributed by atoms with Gasteiger partial charge in [-0.3, -0.25) is 9.63 Å². The van der Waals surface area contributed by atoms with E-state index in [1.807, 2.05) is 18.9 Å². The van der Waals surface area contributed by atoms with Crippen LogP contribution in [0.2, 0.25) is 0 Å². The lowest BCUT2D eigenvalue weighted by Crippen LogP contribution is -2.40. The van der Waals surface area contributed by atoms with Gasteiger partial charge in [0.2, 0.25) is 5.91 Å². The molecule has 1 N–H and O–H groups in total. The first-order valence-corrected chi connectivity index (χ1v) is 10.1. The molecule has 2 unspecified atom stereocenters. The van der Waals surface area contributed by atoms with Crippen LogP contribution in [0.4, 0.5) is 0 Å². The van der Waals surface area contributed by atoms with E-state index in [-0.39, 0.29) is 18.1 Å². The quantitative estimate of drug-likeness (QED) is 0.637. The van der Waals surface area contributed by atoms with Crippen molar-refractivity contribution in [3.63, 3.8) is 0 Å². The number of hydroxylamine groups is 1. The average Bonchev–Trinajstić information content (AvgIpc) is 3.14. The first kappa shape index (κ1) is 20.4. The van der Waals surface area contributed by atoms with Crippen LogP contribution in [0.5, 0.6) is 0 Å². The van der Waals surface area contributed by atoms with Crippen LogP contribution in [0.25, 0.3) is 0 Å². The molecule has 1 heterocycles. The fraction of sp³-hybridized carbons (Fsp3) is 0.850. The Bertz CT molecular complexity index is 427. The van der Waals surface area contributed by atoms with E-state index in [1.165, 1.54) is 25.7 Å². The minimum atomic E-state index is -0.171. The number of nitrogens with zero attached hydrogens (tertiary/aromatic N) is 1. The van der Waals surface area contributed by atoms with Crippen LogP contribution in [-0.2, 0) is 14.4 Å². The number of nitrogens with one attached hydrogen (secondary N) is 1. The van der Waals surface area contributed by atoms with Crippen LogP contribution in [0.15, 0.2) is 11.8 Å². The molecule has 144 valence electrons. The lowest BCUT2D eigenvalue weighted by atomic mass is 9.92. The maximum Gasteiger partial charge on any atom is 0.230 e. The van der Waals surface area contributed by atoms with Crippen LogP contribution in [0.3, 0.4) is 0 Å². The number of carbonyl (C=O) groups excluding carboxylic acids is 1. The summed E-state index contributed by atoms with van der Waals surface area (Å²) in [6.45, 7) is 5.42. The van der Waals surface area contributed by atoms with E-state index >= 15 is 0 Å². The second-order valence-corrected chi connectivity index (χ2v) is 7.50. The number of allylic oxidation sites excluding steroid dienone is 2. The van der Waals surface area contributed by atoms with Crippen molar-refractivity contribution in [2.75, 3.05) is 20.2 Å². The van der Waals surface area contributed by atoms with E-state index in [0.717, 1.165) is 44.4 Å². The fourth-order valence-corrected chi connectivity index (χ4v) is 3.85. The van der Waals surface area contributed by atoms with Gasteiger partial charge < -0.3 is 9.64 Å². The summed E-state index contributed by atoms with van der Waals surface area (Å²) >= 11 is 0. The summed E-state index contributed by atoms with van der Waals surface area (Å²) in [5.74, 6) is 0.817. The summed E-state index contributed by atoms with van der Waals surface area (Å²) < 4.78 is 5.58. The summed E-state index contributed by atoms with van der Waals surface area (Å²) in [5, 5.41) is 0. The molecule has 25 heavy (non-hydrogen) atoms. The lowest BCUT2D eigenvalue weighted by Gasteiger charge is -2.28. The number of hydrogen-bond donors (Lipinski definition) is 1. The van der Waals surface area contributed by atoms with Gasteiger partial charge >= 0.3 is 0 Å². The Balaban J connectivity index is 1.88. The van der Waals surface area contributed by atoms with Crippen molar-refractivity contribution in [1.29, 1.82) is 0 Å². The Kier molecular flexibility index (Phi) is 8.93. The van der Waals surface area contributed by atoms with Gasteiger partial charge in [-0.1, -0.05) is 38.7 Å². The molecule has 1 saturated carbocycles. The zero-order valence-corrected chi connectivity index (χ0v) is 16.3. The second-order valence-electron chi connectivity index (χ2n) is 7.50. The molecule has 0 aromatic rings. The fourth-order valence-electron chi connectivity index (χ4n) is 3.85. The van der Waals surface area contributed by atoms with Crippen LogP contribution in [0, 0.1) is 11.8 Å². The number of ether oxygens (including phenoxy) is 1. The van der Waals surface area contributed by atoms with Crippen molar-refractivity contribution in [3.05, 3.63) is 11.8 Å². The van der Waals surface area contributed by atoms with E-state index in [0.29, 0.717) is 12.5 Å². The normalized spacial score (nSPS) is 23.6. The van der Waals surface area contributed by atoms with E-state index in [4.69, 9.17) is 9.57 Å². The number of carbonyl (C=O) groups is 1. The van der Waals surface area contributed by atoms with Gasteiger partial charge in [0.25, 0.3) is 0 Å². The third kappa shape index (κ3) is 6.72. The molecule has 1 amide bonds. The molecule has 0 spiro atoms. The maximum atomic E-state index is 13.0. The van der Waals surface area contributed by atoms with Gasteiger partial charge in [0.1, 0.15) is 0 Å². The summed E-state index contributed by atoms with van der Waals surface area (Å²) in [7, 11) is 1.89. The van der Waals surface area contributed by atoms with E-state index in [9.17, 15) is 4.79 Å².